The lowest BCUT2D eigenvalue weighted by molar-refractivity contribution is 0.564. The van der Waals surface area contributed by atoms with Crippen LogP contribution in [0.3, 0.4) is 0 Å². The van der Waals surface area contributed by atoms with E-state index in [9.17, 15) is 12.8 Å². The number of nitrogens with one attached hydrogen (secondary N) is 2. The van der Waals surface area contributed by atoms with Crippen molar-refractivity contribution in [3.63, 3.8) is 0 Å². The van der Waals surface area contributed by atoms with Gasteiger partial charge in [-0.2, -0.15) is 5.10 Å². The molecule has 5 nitrogen and oxygen atoms in total. The second kappa shape index (κ2) is 5.34. The molecule has 20 heavy (non-hydrogen) atoms. The number of sulfonamides is 1. The average Bonchev–Trinajstić information content (AvgIpc) is 2.78. The minimum Gasteiger partial charge on any atom is -0.285 e. The minimum atomic E-state index is -3.72. The molecule has 2 rings (SSSR count). The summed E-state index contributed by atoms with van der Waals surface area (Å²) in [5.74, 6) is -0.443. The van der Waals surface area contributed by atoms with Crippen LogP contribution in [0.1, 0.15) is 29.7 Å². The Bertz CT molecular complexity index is 688. The van der Waals surface area contributed by atoms with Crippen molar-refractivity contribution in [2.75, 3.05) is 0 Å². The second-order valence-electron chi connectivity index (χ2n) is 4.74. The molecule has 0 radical (unpaired) electrons. The van der Waals surface area contributed by atoms with Gasteiger partial charge in [0.15, 0.2) is 0 Å². The third-order valence-corrected chi connectivity index (χ3v) is 4.89. The van der Waals surface area contributed by atoms with Crippen molar-refractivity contribution >= 4 is 10.0 Å². The quantitative estimate of drug-likeness (QED) is 0.908. The van der Waals surface area contributed by atoms with Crippen LogP contribution in [0.2, 0.25) is 0 Å². The maximum absolute atomic E-state index is 13.3. The summed E-state index contributed by atoms with van der Waals surface area (Å²) in [7, 11) is -3.72. The molecule has 108 valence electrons. The average molecular weight is 297 g/mol. The Morgan fingerprint density at radius 3 is 2.40 bits per heavy atom. The highest BCUT2D eigenvalue weighted by atomic mass is 32.2. The van der Waals surface area contributed by atoms with Crippen LogP contribution in [0, 0.1) is 19.7 Å². The van der Waals surface area contributed by atoms with Gasteiger partial charge in [0.25, 0.3) is 0 Å². The third kappa shape index (κ3) is 2.88. The second-order valence-corrected chi connectivity index (χ2v) is 6.39. The highest BCUT2D eigenvalue weighted by Crippen LogP contribution is 2.23. The van der Waals surface area contributed by atoms with Gasteiger partial charge in [-0.15, -0.1) is 0 Å². The maximum Gasteiger partial charge on any atom is 0.241 e. The summed E-state index contributed by atoms with van der Waals surface area (Å²) in [6, 6.07) is 2.00. The SMILES string of the molecule is Cc1cc(F)cc(C)c1S(=O)(=O)NC(C)c1cn[nH]c1. The number of aryl methyl sites for hydroxylation is 2. The van der Waals surface area contributed by atoms with Gasteiger partial charge in [0.05, 0.1) is 11.1 Å². The minimum absolute atomic E-state index is 0.120. The number of H-pyrrole nitrogens is 1. The molecule has 1 unspecified atom stereocenters. The van der Waals surface area contributed by atoms with Crippen LogP contribution in [0.5, 0.6) is 0 Å². The molecule has 1 aromatic heterocycles. The molecule has 0 aliphatic rings. The Labute approximate surface area is 117 Å². The van der Waals surface area contributed by atoms with Gasteiger partial charge in [-0.1, -0.05) is 0 Å². The summed E-state index contributed by atoms with van der Waals surface area (Å²) in [6.45, 7) is 4.87. The van der Waals surface area contributed by atoms with E-state index in [-0.39, 0.29) is 4.90 Å². The fourth-order valence-corrected chi connectivity index (χ4v) is 3.86. The van der Waals surface area contributed by atoms with Crippen LogP contribution >= 0.6 is 0 Å². The number of rotatable bonds is 4. The molecule has 0 saturated carbocycles. The standard InChI is InChI=1S/C13H16FN3O2S/c1-8-4-12(14)5-9(2)13(8)20(18,19)17-10(3)11-6-15-16-7-11/h4-7,10,17H,1-3H3,(H,15,16). The number of benzene rings is 1. The summed E-state index contributed by atoms with van der Waals surface area (Å²) < 4.78 is 40.7. The molecule has 2 N–H and O–H groups in total. The molecule has 0 saturated heterocycles. The number of aromatic amines is 1. The first kappa shape index (κ1) is 14.7. The zero-order valence-electron chi connectivity index (χ0n) is 11.4. The molecule has 1 atom stereocenters. The van der Waals surface area contributed by atoms with Gasteiger partial charge in [0.1, 0.15) is 5.82 Å². The summed E-state index contributed by atoms with van der Waals surface area (Å²) in [4.78, 5) is 0.120. The van der Waals surface area contributed by atoms with Crippen molar-refractivity contribution < 1.29 is 12.8 Å². The summed E-state index contributed by atoms with van der Waals surface area (Å²) in [6.07, 6.45) is 3.18. The summed E-state index contributed by atoms with van der Waals surface area (Å²) in [5, 5.41) is 6.42. The fourth-order valence-electron chi connectivity index (χ4n) is 2.18. The van der Waals surface area contributed by atoms with Crippen LogP contribution < -0.4 is 4.72 Å². The molecular weight excluding hydrogens is 281 g/mol. The van der Waals surface area contributed by atoms with E-state index < -0.39 is 21.9 Å². The molecule has 2 aromatic rings. The monoisotopic (exact) mass is 297 g/mol. The lowest BCUT2D eigenvalue weighted by Gasteiger charge is -2.16. The largest absolute Gasteiger partial charge is 0.285 e. The smallest absolute Gasteiger partial charge is 0.241 e. The highest BCUT2D eigenvalue weighted by molar-refractivity contribution is 7.89. The van der Waals surface area contributed by atoms with Gasteiger partial charge >= 0.3 is 0 Å². The molecule has 0 aliphatic heterocycles. The first-order valence-electron chi connectivity index (χ1n) is 6.09. The van der Waals surface area contributed by atoms with E-state index in [1.807, 2.05) is 0 Å². The molecule has 0 spiro atoms. The summed E-state index contributed by atoms with van der Waals surface area (Å²) in [5.41, 5.74) is 1.50. The Morgan fingerprint density at radius 2 is 1.90 bits per heavy atom. The van der Waals surface area contributed by atoms with Gasteiger partial charge in [-0.3, -0.25) is 5.10 Å². The molecular formula is C13H16FN3O2S. The Hall–Kier alpha value is -1.73. The Morgan fingerprint density at radius 1 is 1.30 bits per heavy atom. The van der Waals surface area contributed by atoms with Crippen LogP contribution in [0.15, 0.2) is 29.4 Å². The summed E-state index contributed by atoms with van der Waals surface area (Å²) >= 11 is 0. The molecule has 1 heterocycles. The number of aromatic nitrogens is 2. The maximum atomic E-state index is 13.3. The molecule has 0 amide bonds. The normalized spacial score (nSPS) is 13.4. The van der Waals surface area contributed by atoms with E-state index >= 15 is 0 Å². The van der Waals surface area contributed by atoms with Gasteiger partial charge in [0.2, 0.25) is 10.0 Å². The van der Waals surface area contributed by atoms with E-state index in [4.69, 9.17) is 0 Å². The number of hydrogen-bond acceptors (Lipinski definition) is 3. The number of hydrogen-bond donors (Lipinski definition) is 2. The molecule has 0 bridgehead atoms. The van der Waals surface area contributed by atoms with E-state index in [0.717, 1.165) is 5.56 Å². The number of nitrogens with zero attached hydrogens (tertiary/aromatic N) is 1. The van der Waals surface area contributed by atoms with E-state index in [1.54, 1.807) is 33.2 Å². The van der Waals surface area contributed by atoms with Crippen LogP contribution in [0.25, 0.3) is 0 Å². The van der Waals surface area contributed by atoms with Crippen molar-refractivity contribution in [1.29, 1.82) is 0 Å². The lowest BCUT2D eigenvalue weighted by atomic mass is 10.1. The van der Waals surface area contributed by atoms with Crippen LogP contribution in [0.4, 0.5) is 4.39 Å². The predicted octanol–water partition coefficient (Wildman–Crippen LogP) is 2.21. The van der Waals surface area contributed by atoms with Crippen molar-refractivity contribution in [3.8, 4) is 0 Å². The fraction of sp³-hybridized carbons (Fsp3) is 0.308. The van der Waals surface area contributed by atoms with E-state index in [2.05, 4.69) is 14.9 Å². The zero-order valence-corrected chi connectivity index (χ0v) is 12.3. The van der Waals surface area contributed by atoms with Gasteiger partial charge in [-0.05, 0) is 44.0 Å². The molecule has 0 aliphatic carbocycles. The van der Waals surface area contributed by atoms with Gasteiger partial charge in [-0.25, -0.2) is 17.5 Å². The van der Waals surface area contributed by atoms with E-state index in [1.165, 1.54) is 12.1 Å². The molecule has 0 fully saturated rings. The number of halogens is 1. The third-order valence-electron chi connectivity index (χ3n) is 3.05. The first-order valence-corrected chi connectivity index (χ1v) is 7.57. The van der Waals surface area contributed by atoms with Crippen LogP contribution in [-0.2, 0) is 10.0 Å². The van der Waals surface area contributed by atoms with Crippen molar-refractivity contribution in [3.05, 3.63) is 47.0 Å². The van der Waals surface area contributed by atoms with Crippen LogP contribution in [-0.4, -0.2) is 18.6 Å². The van der Waals surface area contributed by atoms with Crippen molar-refractivity contribution in [2.45, 2.75) is 31.7 Å². The first-order chi connectivity index (χ1) is 9.31. The molecule has 7 heteroatoms. The predicted molar refractivity (Wildman–Crippen MR) is 73.2 cm³/mol. The Kier molecular flexibility index (Phi) is 3.92. The van der Waals surface area contributed by atoms with Gasteiger partial charge in [0, 0.05) is 17.8 Å². The highest BCUT2D eigenvalue weighted by Gasteiger charge is 2.23. The topological polar surface area (TPSA) is 74.8 Å². The van der Waals surface area contributed by atoms with E-state index in [0.29, 0.717) is 11.1 Å². The van der Waals surface area contributed by atoms with Crippen molar-refractivity contribution in [2.24, 2.45) is 0 Å². The van der Waals surface area contributed by atoms with Crippen molar-refractivity contribution in [1.82, 2.24) is 14.9 Å². The molecule has 1 aromatic carbocycles. The zero-order chi connectivity index (χ0) is 14.9. The Balaban J connectivity index is 2.37. The van der Waals surface area contributed by atoms with Gasteiger partial charge < -0.3 is 0 Å². The lowest BCUT2D eigenvalue weighted by Crippen LogP contribution is -2.28.